The molecule has 0 saturated heterocycles. The van der Waals surface area contributed by atoms with Gasteiger partial charge in [-0.3, -0.25) is 4.98 Å². The van der Waals surface area contributed by atoms with E-state index in [2.05, 4.69) is 4.98 Å². The number of hydrogen-bond donors (Lipinski definition) is 1. The molecule has 0 amide bonds. The van der Waals surface area contributed by atoms with Gasteiger partial charge in [0.25, 0.3) is 0 Å². The first kappa shape index (κ1) is 18.8. The van der Waals surface area contributed by atoms with Crippen molar-refractivity contribution >= 4 is 17.3 Å². The molecule has 140 valence electrons. The Labute approximate surface area is 154 Å². The number of halogens is 4. The molecule has 1 atom stereocenters. The van der Waals surface area contributed by atoms with E-state index in [-0.39, 0.29) is 13.0 Å². The van der Waals surface area contributed by atoms with E-state index in [1.807, 2.05) is 30.3 Å². The highest BCUT2D eigenvalue weighted by atomic mass is 35.5. The molecule has 4 nitrogen and oxygen atoms in total. The van der Waals surface area contributed by atoms with Crippen molar-refractivity contribution in [2.75, 3.05) is 18.6 Å². The average Bonchev–Trinajstić information content (AvgIpc) is 2.58. The SMILES string of the molecule is CN1Cc2cnccc2-c2cc(Cl)c(OCC(N)CCC(F)(F)F)cc21. The van der Waals surface area contributed by atoms with Gasteiger partial charge in [-0.15, -0.1) is 0 Å². The minimum Gasteiger partial charge on any atom is -0.490 e. The standard InChI is InChI=1S/C18H19ClF3N3O/c1-25-9-11-8-24-5-3-13(11)14-6-15(19)17(7-16(14)25)26-10-12(23)2-4-18(20,21)22/h3,5-8,12H,2,4,9-10,23H2,1H3. The minimum atomic E-state index is -4.22. The highest BCUT2D eigenvalue weighted by molar-refractivity contribution is 6.32. The Morgan fingerprint density at radius 3 is 2.85 bits per heavy atom. The van der Waals surface area contributed by atoms with E-state index >= 15 is 0 Å². The molecule has 3 rings (SSSR count). The van der Waals surface area contributed by atoms with E-state index < -0.39 is 18.6 Å². The second-order valence-corrected chi connectivity index (χ2v) is 6.82. The number of hydrogen-bond acceptors (Lipinski definition) is 4. The Morgan fingerprint density at radius 1 is 1.35 bits per heavy atom. The Hall–Kier alpha value is -1.99. The number of benzene rings is 1. The van der Waals surface area contributed by atoms with Crippen LogP contribution >= 0.6 is 11.6 Å². The zero-order chi connectivity index (χ0) is 18.9. The largest absolute Gasteiger partial charge is 0.490 e. The minimum absolute atomic E-state index is 0.0290. The summed E-state index contributed by atoms with van der Waals surface area (Å²) >= 11 is 6.33. The molecule has 2 N–H and O–H groups in total. The Morgan fingerprint density at radius 2 is 2.12 bits per heavy atom. The van der Waals surface area contributed by atoms with Crippen LogP contribution in [-0.2, 0) is 6.54 Å². The van der Waals surface area contributed by atoms with E-state index in [0.717, 1.165) is 22.4 Å². The van der Waals surface area contributed by atoms with Gasteiger partial charge < -0.3 is 15.4 Å². The van der Waals surface area contributed by atoms with E-state index in [4.69, 9.17) is 22.1 Å². The van der Waals surface area contributed by atoms with Crippen molar-refractivity contribution < 1.29 is 17.9 Å². The fourth-order valence-electron chi connectivity index (χ4n) is 2.97. The normalized spacial score (nSPS) is 14.6. The highest BCUT2D eigenvalue weighted by Crippen LogP contribution is 2.43. The summed E-state index contributed by atoms with van der Waals surface area (Å²) in [5.41, 5.74) is 9.78. The number of nitrogens with two attached hydrogens (primary N) is 1. The van der Waals surface area contributed by atoms with Crippen molar-refractivity contribution in [3.05, 3.63) is 41.2 Å². The fourth-order valence-corrected chi connectivity index (χ4v) is 3.19. The van der Waals surface area contributed by atoms with Gasteiger partial charge in [0.1, 0.15) is 12.4 Å². The molecular weight excluding hydrogens is 367 g/mol. The molecule has 26 heavy (non-hydrogen) atoms. The van der Waals surface area contributed by atoms with Crippen LogP contribution in [0.4, 0.5) is 18.9 Å². The average molecular weight is 386 g/mol. The molecule has 1 aliphatic heterocycles. The Balaban J connectivity index is 1.76. The molecular formula is C18H19ClF3N3O. The summed E-state index contributed by atoms with van der Waals surface area (Å²) in [5, 5.41) is 0.393. The van der Waals surface area contributed by atoms with Crippen LogP contribution in [0.2, 0.25) is 5.02 Å². The van der Waals surface area contributed by atoms with Crippen molar-refractivity contribution in [1.82, 2.24) is 4.98 Å². The third kappa shape index (κ3) is 4.22. The molecule has 0 saturated carbocycles. The lowest BCUT2D eigenvalue weighted by atomic mass is 9.95. The van der Waals surface area contributed by atoms with Gasteiger partial charge in [0, 0.05) is 55.8 Å². The van der Waals surface area contributed by atoms with E-state index in [1.54, 1.807) is 12.3 Å². The second-order valence-electron chi connectivity index (χ2n) is 6.41. The van der Waals surface area contributed by atoms with Crippen molar-refractivity contribution in [2.45, 2.75) is 31.6 Å². The quantitative estimate of drug-likeness (QED) is 0.828. The number of alkyl halides is 3. The van der Waals surface area contributed by atoms with Crippen LogP contribution in [0, 0.1) is 0 Å². The zero-order valence-corrected chi connectivity index (χ0v) is 14.9. The zero-order valence-electron chi connectivity index (χ0n) is 14.2. The van der Waals surface area contributed by atoms with Crippen molar-refractivity contribution in [3.63, 3.8) is 0 Å². The van der Waals surface area contributed by atoms with Crippen LogP contribution in [0.3, 0.4) is 0 Å². The molecule has 0 bridgehead atoms. The van der Waals surface area contributed by atoms with Crippen molar-refractivity contribution in [2.24, 2.45) is 5.73 Å². The molecule has 0 radical (unpaired) electrons. The lowest BCUT2D eigenvalue weighted by Gasteiger charge is -2.30. The number of nitrogens with zero attached hydrogens (tertiary/aromatic N) is 2. The lowest BCUT2D eigenvalue weighted by Crippen LogP contribution is -2.29. The number of pyridine rings is 1. The van der Waals surface area contributed by atoms with E-state index in [0.29, 0.717) is 17.3 Å². The first-order valence-electron chi connectivity index (χ1n) is 8.17. The van der Waals surface area contributed by atoms with Crippen molar-refractivity contribution in [1.29, 1.82) is 0 Å². The molecule has 8 heteroatoms. The number of fused-ring (bicyclic) bond motifs is 3. The molecule has 1 unspecified atom stereocenters. The lowest BCUT2D eigenvalue weighted by molar-refractivity contribution is -0.136. The van der Waals surface area contributed by atoms with Gasteiger partial charge in [-0.05, 0) is 29.7 Å². The summed E-state index contributed by atoms with van der Waals surface area (Å²) in [4.78, 5) is 6.20. The van der Waals surface area contributed by atoms with Crippen molar-refractivity contribution in [3.8, 4) is 16.9 Å². The highest BCUT2D eigenvalue weighted by Gasteiger charge is 2.28. The van der Waals surface area contributed by atoms with Gasteiger partial charge in [0.05, 0.1) is 5.02 Å². The smallest absolute Gasteiger partial charge is 0.389 e. The molecule has 0 aliphatic carbocycles. The molecule has 2 heterocycles. The van der Waals surface area contributed by atoms with Crippen LogP contribution in [0.15, 0.2) is 30.6 Å². The predicted molar refractivity (Wildman–Crippen MR) is 95.5 cm³/mol. The van der Waals surface area contributed by atoms with E-state index in [1.165, 1.54) is 0 Å². The number of aromatic nitrogens is 1. The van der Waals surface area contributed by atoms with Gasteiger partial charge in [-0.25, -0.2) is 0 Å². The van der Waals surface area contributed by atoms with Crippen LogP contribution in [-0.4, -0.2) is 30.9 Å². The van der Waals surface area contributed by atoms with Gasteiger partial charge in [0.15, 0.2) is 0 Å². The Kier molecular flexibility index (Phi) is 5.29. The molecule has 0 fully saturated rings. The first-order chi connectivity index (χ1) is 12.2. The fraction of sp³-hybridized carbons (Fsp3) is 0.389. The molecule has 2 aromatic rings. The van der Waals surface area contributed by atoms with Crippen LogP contribution in [0.5, 0.6) is 5.75 Å². The molecule has 1 aromatic heterocycles. The molecule has 0 spiro atoms. The predicted octanol–water partition coefficient (Wildman–Crippen LogP) is 4.40. The Bertz CT molecular complexity index is 798. The summed E-state index contributed by atoms with van der Waals surface area (Å²) in [5.74, 6) is 0.414. The monoisotopic (exact) mass is 385 g/mol. The van der Waals surface area contributed by atoms with Gasteiger partial charge in [-0.2, -0.15) is 13.2 Å². The van der Waals surface area contributed by atoms with Crippen LogP contribution in [0.25, 0.3) is 11.1 Å². The number of rotatable bonds is 5. The van der Waals surface area contributed by atoms with Crippen LogP contribution < -0.4 is 15.4 Å². The summed E-state index contributed by atoms with van der Waals surface area (Å²) < 4.78 is 42.4. The summed E-state index contributed by atoms with van der Waals surface area (Å²) in [6.07, 6.45) is -1.78. The summed E-state index contributed by atoms with van der Waals surface area (Å²) in [6, 6.07) is 4.83. The third-order valence-corrected chi connectivity index (χ3v) is 4.61. The molecule has 1 aromatic carbocycles. The topological polar surface area (TPSA) is 51.4 Å². The van der Waals surface area contributed by atoms with Gasteiger partial charge in [-0.1, -0.05) is 11.6 Å². The second kappa shape index (κ2) is 7.32. The third-order valence-electron chi connectivity index (χ3n) is 4.31. The maximum atomic E-state index is 12.3. The summed E-state index contributed by atoms with van der Waals surface area (Å²) in [7, 11) is 1.95. The summed E-state index contributed by atoms with van der Waals surface area (Å²) in [6.45, 7) is 0.668. The maximum absolute atomic E-state index is 12.3. The maximum Gasteiger partial charge on any atom is 0.389 e. The number of ether oxygens (including phenoxy) is 1. The van der Waals surface area contributed by atoms with Gasteiger partial charge >= 0.3 is 6.18 Å². The van der Waals surface area contributed by atoms with Crippen LogP contribution in [0.1, 0.15) is 18.4 Å². The first-order valence-corrected chi connectivity index (χ1v) is 8.55. The molecule has 1 aliphatic rings. The number of anilines is 1. The van der Waals surface area contributed by atoms with E-state index in [9.17, 15) is 13.2 Å². The van der Waals surface area contributed by atoms with Gasteiger partial charge in [0.2, 0.25) is 0 Å².